The summed E-state index contributed by atoms with van der Waals surface area (Å²) in [6, 6.07) is 0.177. The maximum Gasteiger partial charge on any atom is 0.325 e. The van der Waals surface area contributed by atoms with E-state index in [0.717, 1.165) is 12.8 Å². The van der Waals surface area contributed by atoms with E-state index in [1.165, 1.54) is 30.1 Å². The Labute approximate surface area is 123 Å². The van der Waals surface area contributed by atoms with Crippen molar-refractivity contribution < 1.29 is 14.7 Å². The van der Waals surface area contributed by atoms with E-state index in [9.17, 15) is 9.59 Å². The molecule has 0 saturated heterocycles. The molecule has 1 fully saturated rings. The highest BCUT2D eigenvalue weighted by atomic mass is 16.4. The third kappa shape index (κ3) is 4.44. The van der Waals surface area contributed by atoms with Gasteiger partial charge in [-0.15, -0.1) is 5.10 Å². The third-order valence-corrected chi connectivity index (χ3v) is 3.75. The molecule has 1 aliphatic carbocycles. The molecule has 1 aromatic rings. The summed E-state index contributed by atoms with van der Waals surface area (Å²) in [5, 5.41) is 19.0. The Morgan fingerprint density at radius 2 is 2.14 bits per heavy atom. The van der Waals surface area contributed by atoms with Gasteiger partial charge in [0.25, 0.3) is 0 Å². The molecule has 1 aliphatic rings. The van der Waals surface area contributed by atoms with Crippen molar-refractivity contribution in [3.8, 4) is 0 Å². The van der Waals surface area contributed by atoms with Gasteiger partial charge in [-0.3, -0.25) is 4.79 Å². The standard InChI is InChI=1S/C13H21N5O3/c1-17(11-5-3-2-4-6-11)13(21)14-7-10-8-18(16-15-10)9-12(19)20/h8,11H,2-7,9H2,1H3,(H,14,21)(H,19,20). The molecular formula is C13H21N5O3. The summed E-state index contributed by atoms with van der Waals surface area (Å²) in [7, 11) is 1.81. The van der Waals surface area contributed by atoms with Gasteiger partial charge in [-0.1, -0.05) is 24.5 Å². The number of carbonyl (C=O) groups excluding carboxylic acids is 1. The van der Waals surface area contributed by atoms with Crippen molar-refractivity contribution in [2.75, 3.05) is 7.05 Å². The molecule has 1 heterocycles. The Morgan fingerprint density at radius 1 is 1.43 bits per heavy atom. The molecular weight excluding hydrogens is 274 g/mol. The van der Waals surface area contributed by atoms with Crippen molar-refractivity contribution in [2.45, 2.75) is 51.2 Å². The Bertz CT molecular complexity index is 496. The Hall–Kier alpha value is -2.12. The van der Waals surface area contributed by atoms with Gasteiger partial charge in [0.15, 0.2) is 0 Å². The lowest BCUT2D eigenvalue weighted by Gasteiger charge is -2.31. The second kappa shape index (κ2) is 7.05. The second-order valence-corrected chi connectivity index (χ2v) is 5.36. The van der Waals surface area contributed by atoms with Crippen LogP contribution >= 0.6 is 0 Å². The van der Waals surface area contributed by atoms with Crippen LogP contribution in [0.2, 0.25) is 0 Å². The van der Waals surface area contributed by atoms with Crippen LogP contribution < -0.4 is 5.32 Å². The van der Waals surface area contributed by atoms with Gasteiger partial charge in [0.05, 0.1) is 12.7 Å². The zero-order valence-electron chi connectivity index (χ0n) is 12.2. The van der Waals surface area contributed by atoms with Gasteiger partial charge in [0.2, 0.25) is 0 Å². The number of rotatable bonds is 5. The fourth-order valence-corrected chi connectivity index (χ4v) is 2.56. The van der Waals surface area contributed by atoms with E-state index in [0.29, 0.717) is 11.7 Å². The lowest BCUT2D eigenvalue weighted by atomic mass is 9.95. The molecule has 1 aromatic heterocycles. The number of hydrogen-bond donors (Lipinski definition) is 2. The summed E-state index contributed by atoms with van der Waals surface area (Å²) in [5.74, 6) is -0.979. The maximum atomic E-state index is 12.1. The van der Waals surface area contributed by atoms with Crippen molar-refractivity contribution in [1.29, 1.82) is 0 Å². The predicted molar refractivity (Wildman–Crippen MR) is 74.5 cm³/mol. The van der Waals surface area contributed by atoms with Crippen LogP contribution in [0.5, 0.6) is 0 Å². The van der Waals surface area contributed by atoms with Gasteiger partial charge in [0, 0.05) is 13.1 Å². The van der Waals surface area contributed by atoms with Crippen molar-refractivity contribution in [3.63, 3.8) is 0 Å². The topological polar surface area (TPSA) is 100 Å². The molecule has 0 aromatic carbocycles. The molecule has 2 rings (SSSR count). The highest BCUT2D eigenvalue weighted by molar-refractivity contribution is 5.74. The van der Waals surface area contributed by atoms with Crippen molar-refractivity contribution in [2.24, 2.45) is 0 Å². The highest BCUT2D eigenvalue weighted by Gasteiger charge is 2.21. The first-order valence-corrected chi connectivity index (χ1v) is 7.17. The van der Waals surface area contributed by atoms with Gasteiger partial charge >= 0.3 is 12.0 Å². The quantitative estimate of drug-likeness (QED) is 0.838. The summed E-state index contributed by atoms with van der Waals surface area (Å²) < 4.78 is 1.23. The number of aliphatic carboxylic acids is 1. The molecule has 0 bridgehead atoms. The second-order valence-electron chi connectivity index (χ2n) is 5.36. The number of carbonyl (C=O) groups is 2. The molecule has 1 saturated carbocycles. The van der Waals surface area contributed by atoms with Crippen molar-refractivity contribution >= 4 is 12.0 Å². The van der Waals surface area contributed by atoms with Crippen LogP contribution in [0.3, 0.4) is 0 Å². The van der Waals surface area contributed by atoms with E-state index < -0.39 is 5.97 Å². The van der Waals surface area contributed by atoms with Gasteiger partial charge in [-0.2, -0.15) is 0 Å². The van der Waals surface area contributed by atoms with E-state index in [-0.39, 0.29) is 19.1 Å². The van der Waals surface area contributed by atoms with Crippen LogP contribution in [0.15, 0.2) is 6.20 Å². The summed E-state index contributed by atoms with van der Waals surface area (Å²) in [4.78, 5) is 24.4. The lowest BCUT2D eigenvalue weighted by Crippen LogP contribution is -2.44. The van der Waals surface area contributed by atoms with Gasteiger partial charge < -0.3 is 15.3 Å². The molecule has 21 heavy (non-hydrogen) atoms. The van der Waals surface area contributed by atoms with Crippen LogP contribution in [0.1, 0.15) is 37.8 Å². The number of nitrogens with one attached hydrogen (secondary N) is 1. The fraction of sp³-hybridized carbons (Fsp3) is 0.692. The first-order chi connectivity index (χ1) is 10.1. The number of carboxylic acids is 1. The Balaban J connectivity index is 1.80. The van der Waals surface area contributed by atoms with Crippen LogP contribution in [-0.2, 0) is 17.9 Å². The molecule has 8 heteroatoms. The minimum Gasteiger partial charge on any atom is -0.480 e. The normalized spacial score (nSPS) is 15.7. The number of nitrogens with zero attached hydrogens (tertiary/aromatic N) is 4. The van der Waals surface area contributed by atoms with E-state index in [1.54, 1.807) is 4.90 Å². The molecule has 0 unspecified atom stereocenters. The Kier molecular flexibility index (Phi) is 5.13. The molecule has 2 N–H and O–H groups in total. The molecule has 116 valence electrons. The van der Waals surface area contributed by atoms with Gasteiger partial charge in [-0.25, -0.2) is 9.48 Å². The van der Waals surface area contributed by atoms with Crippen molar-refractivity contribution in [1.82, 2.24) is 25.2 Å². The molecule has 2 amide bonds. The first kappa shape index (κ1) is 15.3. The number of aromatic nitrogens is 3. The molecule has 0 spiro atoms. The smallest absolute Gasteiger partial charge is 0.325 e. The van der Waals surface area contributed by atoms with E-state index in [1.807, 2.05) is 7.05 Å². The van der Waals surface area contributed by atoms with E-state index >= 15 is 0 Å². The van der Waals surface area contributed by atoms with Crippen molar-refractivity contribution in [3.05, 3.63) is 11.9 Å². The largest absolute Gasteiger partial charge is 0.480 e. The van der Waals surface area contributed by atoms with E-state index in [2.05, 4.69) is 15.6 Å². The maximum absolute atomic E-state index is 12.1. The average Bonchev–Trinajstić information content (AvgIpc) is 2.91. The number of urea groups is 1. The average molecular weight is 295 g/mol. The first-order valence-electron chi connectivity index (χ1n) is 7.17. The number of amides is 2. The molecule has 0 atom stereocenters. The highest BCUT2D eigenvalue weighted by Crippen LogP contribution is 2.21. The summed E-state index contributed by atoms with van der Waals surface area (Å²) in [6.45, 7) is 0.0123. The van der Waals surface area contributed by atoms with Gasteiger partial charge in [-0.05, 0) is 12.8 Å². The molecule has 0 aliphatic heterocycles. The molecule has 0 radical (unpaired) electrons. The zero-order chi connectivity index (χ0) is 15.2. The number of hydrogen-bond acceptors (Lipinski definition) is 4. The van der Waals surface area contributed by atoms with Crippen LogP contribution in [0, 0.1) is 0 Å². The monoisotopic (exact) mass is 295 g/mol. The SMILES string of the molecule is CN(C(=O)NCc1cn(CC(=O)O)nn1)C1CCCCC1. The van der Waals surface area contributed by atoms with Crippen LogP contribution in [-0.4, -0.2) is 50.1 Å². The Morgan fingerprint density at radius 3 is 2.81 bits per heavy atom. The molecule has 8 nitrogen and oxygen atoms in total. The summed E-state index contributed by atoms with van der Waals surface area (Å²) in [6.07, 6.45) is 7.22. The third-order valence-electron chi connectivity index (χ3n) is 3.75. The van der Waals surface area contributed by atoms with Gasteiger partial charge in [0.1, 0.15) is 12.2 Å². The minimum absolute atomic E-state index is 0.130. The zero-order valence-corrected chi connectivity index (χ0v) is 12.2. The number of carboxylic acid groups (broad SMARTS) is 1. The summed E-state index contributed by atoms with van der Waals surface area (Å²) >= 11 is 0. The minimum atomic E-state index is -0.979. The predicted octanol–water partition coefficient (Wildman–Crippen LogP) is 0.837. The summed E-state index contributed by atoms with van der Waals surface area (Å²) in [5.41, 5.74) is 0.543. The van der Waals surface area contributed by atoms with Crippen LogP contribution in [0.25, 0.3) is 0 Å². The van der Waals surface area contributed by atoms with E-state index in [4.69, 9.17) is 5.11 Å². The fourth-order valence-electron chi connectivity index (χ4n) is 2.56. The lowest BCUT2D eigenvalue weighted by molar-refractivity contribution is -0.137. The van der Waals surface area contributed by atoms with Crippen LogP contribution in [0.4, 0.5) is 4.79 Å².